The number of carbonyl (C=O) groups is 2. The second-order valence-electron chi connectivity index (χ2n) is 10.5. The number of rotatable bonds is 10. The number of hydrogen-bond donors (Lipinski definition) is 3. The summed E-state index contributed by atoms with van der Waals surface area (Å²) < 4.78 is 17.5. The number of hydrogen-bond acceptors (Lipinski definition) is 7. The summed E-state index contributed by atoms with van der Waals surface area (Å²) in [6, 6.07) is 7.67. The van der Waals surface area contributed by atoms with E-state index in [0.717, 1.165) is 32.3 Å². The molecule has 2 aliphatic heterocycles. The molecule has 3 rings (SSSR count). The standard InChI is InChI=1S/C23H37NO4.C4H4O4/c1-22(2)12-8-13-23(3,4)24(22)15-18(25)16-27-20-10-5-6-11-21(20)28-17-19-9-7-14-26-19;5-3(6)1-2-4(7)8/h5-6,10-11,18-19,25H,7-9,12-17H2,1-4H3;1-2H,(H,5,6)(H,7,8)/b;2-1+. The van der Waals surface area contributed by atoms with Crippen molar-refractivity contribution < 1.29 is 39.1 Å². The first-order valence-corrected chi connectivity index (χ1v) is 12.5. The molecular formula is C27H41NO8. The van der Waals surface area contributed by atoms with Gasteiger partial charge >= 0.3 is 11.9 Å². The second-order valence-corrected chi connectivity index (χ2v) is 10.5. The Kier molecular flexibility index (Phi) is 11.2. The maximum absolute atomic E-state index is 10.7. The number of aliphatic carboxylic acids is 2. The Bertz CT molecular complexity index is 844. The highest BCUT2D eigenvalue weighted by Gasteiger charge is 2.41. The molecule has 0 bridgehead atoms. The SMILES string of the molecule is CC1(C)CCCC(C)(C)N1CC(O)COc1ccccc1OCC1CCCO1.O=C(O)/C=C/C(=O)O. The predicted molar refractivity (Wildman–Crippen MR) is 136 cm³/mol. The monoisotopic (exact) mass is 507 g/mol. The number of benzene rings is 1. The Balaban J connectivity index is 0.000000493. The van der Waals surface area contributed by atoms with Crippen molar-refractivity contribution in [1.29, 1.82) is 0 Å². The van der Waals surface area contributed by atoms with Gasteiger partial charge in [-0.25, -0.2) is 9.59 Å². The molecule has 1 aromatic carbocycles. The van der Waals surface area contributed by atoms with Crippen molar-refractivity contribution in [2.45, 2.75) is 83.1 Å². The molecule has 9 heteroatoms. The number of piperidine rings is 1. The highest BCUT2D eigenvalue weighted by Crippen LogP contribution is 2.38. The fraction of sp³-hybridized carbons (Fsp3) is 0.630. The van der Waals surface area contributed by atoms with E-state index < -0.39 is 18.0 Å². The van der Waals surface area contributed by atoms with E-state index in [2.05, 4.69) is 32.6 Å². The molecule has 2 heterocycles. The lowest BCUT2D eigenvalue weighted by atomic mass is 9.79. The Labute approximate surface area is 213 Å². The fourth-order valence-corrected chi connectivity index (χ4v) is 4.78. The van der Waals surface area contributed by atoms with Gasteiger partial charge in [-0.05, 0) is 71.9 Å². The van der Waals surface area contributed by atoms with Gasteiger partial charge in [-0.1, -0.05) is 12.1 Å². The first-order chi connectivity index (χ1) is 16.9. The zero-order chi connectivity index (χ0) is 26.8. The molecule has 0 saturated carbocycles. The largest absolute Gasteiger partial charge is 0.487 e. The minimum Gasteiger partial charge on any atom is -0.487 e. The quantitative estimate of drug-likeness (QED) is 0.406. The highest BCUT2D eigenvalue weighted by molar-refractivity contribution is 5.89. The molecule has 1 aromatic rings. The van der Waals surface area contributed by atoms with Crippen LogP contribution in [-0.4, -0.2) is 81.8 Å². The van der Waals surface area contributed by atoms with Crippen molar-refractivity contribution in [3.8, 4) is 11.5 Å². The van der Waals surface area contributed by atoms with E-state index in [1.165, 1.54) is 6.42 Å². The number of aliphatic hydroxyl groups is 1. The summed E-state index contributed by atoms with van der Waals surface area (Å²) in [4.78, 5) is 21.5. The molecule has 2 fully saturated rings. The molecule has 0 spiro atoms. The summed E-state index contributed by atoms with van der Waals surface area (Å²) in [6.45, 7) is 11.3. The Morgan fingerprint density at radius 3 is 2.08 bits per heavy atom. The molecule has 0 amide bonds. The van der Waals surface area contributed by atoms with Crippen LogP contribution in [0.1, 0.15) is 59.8 Å². The molecule has 2 unspecified atom stereocenters. The van der Waals surface area contributed by atoms with Crippen LogP contribution in [0.15, 0.2) is 36.4 Å². The third kappa shape index (κ3) is 9.79. The first kappa shape index (κ1) is 29.6. The van der Waals surface area contributed by atoms with Crippen LogP contribution < -0.4 is 9.47 Å². The van der Waals surface area contributed by atoms with Gasteiger partial charge in [0.2, 0.25) is 0 Å². The number of aliphatic hydroxyl groups excluding tert-OH is 1. The van der Waals surface area contributed by atoms with E-state index in [9.17, 15) is 14.7 Å². The Morgan fingerprint density at radius 2 is 1.58 bits per heavy atom. The lowest BCUT2D eigenvalue weighted by molar-refractivity contribution is -0.134. The number of ether oxygens (including phenoxy) is 3. The molecule has 9 nitrogen and oxygen atoms in total. The molecule has 2 saturated heterocycles. The van der Waals surface area contributed by atoms with Crippen molar-refractivity contribution in [1.82, 2.24) is 4.90 Å². The van der Waals surface area contributed by atoms with E-state index in [1.807, 2.05) is 24.3 Å². The molecule has 202 valence electrons. The average molecular weight is 508 g/mol. The van der Waals surface area contributed by atoms with Crippen LogP contribution in [0.3, 0.4) is 0 Å². The van der Waals surface area contributed by atoms with Gasteiger partial charge in [-0.2, -0.15) is 0 Å². The topological polar surface area (TPSA) is 126 Å². The van der Waals surface area contributed by atoms with Gasteiger partial charge in [0.1, 0.15) is 19.3 Å². The molecule has 0 aromatic heterocycles. The van der Waals surface area contributed by atoms with Crippen LogP contribution in [-0.2, 0) is 14.3 Å². The number of β-amino-alcohol motifs (C(OH)–C–C–N with tert-alkyl or cyclic N) is 1. The number of likely N-dealkylation sites (tertiary alicyclic amines) is 1. The zero-order valence-corrected chi connectivity index (χ0v) is 21.8. The summed E-state index contributed by atoms with van der Waals surface area (Å²) in [5.41, 5.74) is 0.177. The number of carboxylic acids is 2. The number of para-hydroxylation sites is 2. The van der Waals surface area contributed by atoms with Crippen LogP contribution in [0.2, 0.25) is 0 Å². The van der Waals surface area contributed by atoms with Crippen LogP contribution in [0.4, 0.5) is 0 Å². The molecular weight excluding hydrogens is 466 g/mol. The van der Waals surface area contributed by atoms with Crippen LogP contribution in [0, 0.1) is 0 Å². The molecule has 2 atom stereocenters. The van der Waals surface area contributed by atoms with Crippen molar-refractivity contribution in [2.75, 3.05) is 26.4 Å². The van der Waals surface area contributed by atoms with Gasteiger partial charge in [0.05, 0.1) is 6.10 Å². The van der Waals surface area contributed by atoms with Gasteiger partial charge in [-0.15, -0.1) is 0 Å². The summed E-state index contributed by atoms with van der Waals surface area (Å²) in [6.07, 6.45) is 6.42. The van der Waals surface area contributed by atoms with E-state index >= 15 is 0 Å². The van der Waals surface area contributed by atoms with Crippen LogP contribution in [0.25, 0.3) is 0 Å². The Morgan fingerprint density at radius 1 is 1.03 bits per heavy atom. The molecule has 3 N–H and O–H groups in total. The minimum atomic E-state index is -1.26. The molecule has 0 aliphatic carbocycles. The van der Waals surface area contributed by atoms with Gasteiger partial charge in [-0.3, -0.25) is 4.90 Å². The lowest BCUT2D eigenvalue weighted by Crippen LogP contribution is -2.60. The first-order valence-electron chi connectivity index (χ1n) is 12.5. The Hall–Kier alpha value is -2.62. The predicted octanol–water partition coefficient (Wildman–Crippen LogP) is 3.74. The minimum absolute atomic E-state index is 0.0883. The molecule has 0 radical (unpaired) electrons. The van der Waals surface area contributed by atoms with E-state index in [4.69, 9.17) is 24.4 Å². The summed E-state index contributed by atoms with van der Waals surface area (Å²) >= 11 is 0. The maximum atomic E-state index is 10.7. The van der Waals surface area contributed by atoms with Crippen LogP contribution >= 0.6 is 0 Å². The summed E-state index contributed by atoms with van der Waals surface area (Å²) in [5.74, 6) is -1.12. The van der Waals surface area contributed by atoms with E-state index in [-0.39, 0.29) is 23.8 Å². The zero-order valence-electron chi connectivity index (χ0n) is 21.8. The van der Waals surface area contributed by atoms with Gasteiger partial charge in [0.15, 0.2) is 11.5 Å². The normalized spacial score (nSPS) is 21.9. The third-order valence-corrected chi connectivity index (χ3v) is 6.53. The van der Waals surface area contributed by atoms with Gasteiger partial charge in [0, 0.05) is 36.4 Å². The van der Waals surface area contributed by atoms with E-state index in [0.29, 0.717) is 36.8 Å². The van der Waals surface area contributed by atoms with E-state index in [1.54, 1.807) is 0 Å². The average Bonchev–Trinajstić information content (AvgIpc) is 3.32. The van der Waals surface area contributed by atoms with Crippen molar-refractivity contribution in [2.24, 2.45) is 0 Å². The van der Waals surface area contributed by atoms with Crippen LogP contribution in [0.5, 0.6) is 11.5 Å². The lowest BCUT2D eigenvalue weighted by Gasteiger charge is -2.53. The molecule has 2 aliphatic rings. The van der Waals surface area contributed by atoms with Crippen molar-refractivity contribution in [3.05, 3.63) is 36.4 Å². The highest BCUT2D eigenvalue weighted by atomic mass is 16.6. The fourth-order valence-electron chi connectivity index (χ4n) is 4.78. The summed E-state index contributed by atoms with van der Waals surface area (Å²) in [5, 5.41) is 26.3. The number of carboxylic acid groups (broad SMARTS) is 2. The van der Waals surface area contributed by atoms with Crippen molar-refractivity contribution in [3.63, 3.8) is 0 Å². The van der Waals surface area contributed by atoms with Crippen molar-refractivity contribution >= 4 is 11.9 Å². The number of nitrogens with zero attached hydrogens (tertiary/aromatic N) is 1. The smallest absolute Gasteiger partial charge is 0.328 e. The third-order valence-electron chi connectivity index (χ3n) is 6.53. The van der Waals surface area contributed by atoms with Gasteiger partial charge in [0.25, 0.3) is 0 Å². The van der Waals surface area contributed by atoms with Gasteiger partial charge < -0.3 is 29.5 Å². The maximum Gasteiger partial charge on any atom is 0.328 e. The molecule has 36 heavy (non-hydrogen) atoms. The second kappa shape index (κ2) is 13.6. The summed E-state index contributed by atoms with van der Waals surface area (Å²) in [7, 11) is 0.